The topological polar surface area (TPSA) is 26.3 Å². The van der Waals surface area contributed by atoms with Crippen LogP contribution in [0.4, 0.5) is 0 Å². The van der Waals surface area contributed by atoms with Gasteiger partial charge in [0.2, 0.25) is 0 Å². The van der Waals surface area contributed by atoms with Gasteiger partial charge >= 0.3 is 5.97 Å². The average Bonchev–Trinajstić information content (AvgIpc) is 2.54. The van der Waals surface area contributed by atoms with Crippen molar-refractivity contribution in [2.45, 2.75) is 0 Å². The van der Waals surface area contributed by atoms with Gasteiger partial charge in [0.15, 0.2) is 0 Å². The molecule has 0 bridgehead atoms. The van der Waals surface area contributed by atoms with Gasteiger partial charge in [0, 0.05) is 10.0 Å². The first-order valence-electron chi connectivity index (χ1n) is 6.66. The zero-order chi connectivity index (χ0) is 15.7. The molecule has 2 nitrogen and oxygen atoms in total. The van der Waals surface area contributed by atoms with Gasteiger partial charge in [-0.1, -0.05) is 47.5 Å². The quantitative estimate of drug-likeness (QED) is 0.571. The molecule has 0 saturated heterocycles. The molecule has 0 amide bonds. The third kappa shape index (κ3) is 2.68. The number of carbonyl (C=O) groups excluding carboxylic acids is 1. The number of hydrogen-bond acceptors (Lipinski definition) is 2. The van der Waals surface area contributed by atoms with Gasteiger partial charge in [-0.15, -0.1) is 0 Å². The smallest absolute Gasteiger partial charge is 0.338 e. The zero-order valence-corrected chi connectivity index (χ0v) is 13.3. The Hall–Kier alpha value is -2.03. The second-order valence-corrected chi connectivity index (χ2v) is 5.72. The first-order valence-corrected chi connectivity index (χ1v) is 7.42. The van der Waals surface area contributed by atoms with E-state index >= 15 is 0 Å². The molecule has 22 heavy (non-hydrogen) atoms. The van der Waals surface area contributed by atoms with Crippen molar-refractivity contribution in [1.82, 2.24) is 0 Å². The molecule has 0 spiro atoms. The second kappa shape index (κ2) is 5.99. The lowest BCUT2D eigenvalue weighted by molar-refractivity contribution is 0.0603. The van der Waals surface area contributed by atoms with Crippen LogP contribution in [0.2, 0.25) is 10.0 Å². The van der Waals surface area contributed by atoms with Gasteiger partial charge in [-0.3, -0.25) is 0 Å². The Kier molecular flexibility index (Phi) is 4.06. The third-order valence-electron chi connectivity index (χ3n) is 3.54. The van der Waals surface area contributed by atoms with Crippen LogP contribution in [0.3, 0.4) is 0 Å². The standard InChI is InChI=1S/C18H12Cl2O2/c1-22-18(21)16-9-8-14(11-2-4-12(19)5-3-11)15-7-6-13(20)10-17(15)16/h2-10H,1H3. The number of carbonyl (C=O) groups is 1. The van der Waals surface area contributed by atoms with E-state index in [1.165, 1.54) is 7.11 Å². The monoisotopic (exact) mass is 330 g/mol. The predicted octanol–water partition coefficient (Wildman–Crippen LogP) is 5.60. The molecule has 0 aromatic heterocycles. The summed E-state index contributed by atoms with van der Waals surface area (Å²) in [5.41, 5.74) is 2.53. The Bertz CT molecular complexity index is 855. The minimum absolute atomic E-state index is 0.380. The number of methoxy groups -OCH3 is 1. The first-order chi connectivity index (χ1) is 10.6. The summed E-state index contributed by atoms with van der Waals surface area (Å²) < 4.78 is 4.85. The maximum Gasteiger partial charge on any atom is 0.338 e. The minimum Gasteiger partial charge on any atom is -0.465 e. The van der Waals surface area contributed by atoms with Gasteiger partial charge in [-0.05, 0) is 52.2 Å². The normalized spacial score (nSPS) is 10.7. The van der Waals surface area contributed by atoms with E-state index in [-0.39, 0.29) is 5.97 Å². The maximum atomic E-state index is 11.9. The fourth-order valence-electron chi connectivity index (χ4n) is 2.49. The fraction of sp³-hybridized carbons (Fsp3) is 0.0556. The summed E-state index contributed by atoms with van der Waals surface area (Å²) in [6, 6.07) is 16.7. The summed E-state index contributed by atoms with van der Waals surface area (Å²) in [7, 11) is 1.37. The van der Waals surface area contributed by atoms with Gasteiger partial charge < -0.3 is 4.74 Å². The molecular weight excluding hydrogens is 319 g/mol. The van der Waals surface area contributed by atoms with Crippen LogP contribution in [0.15, 0.2) is 54.6 Å². The first kappa shape index (κ1) is 14.9. The largest absolute Gasteiger partial charge is 0.465 e. The van der Waals surface area contributed by atoms with E-state index in [0.717, 1.165) is 21.9 Å². The van der Waals surface area contributed by atoms with Gasteiger partial charge in [0.1, 0.15) is 0 Å². The molecule has 110 valence electrons. The van der Waals surface area contributed by atoms with Gasteiger partial charge in [-0.2, -0.15) is 0 Å². The van der Waals surface area contributed by atoms with Crippen LogP contribution in [0.1, 0.15) is 10.4 Å². The summed E-state index contributed by atoms with van der Waals surface area (Å²) in [5.74, 6) is -0.380. The summed E-state index contributed by atoms with van der Waals surface area (Å²) in [6.07, 6.45) is 0. The SMILES string of the molecule is COC(=O)c1ccc(-c2ccc(Cl)cc2)c2ccc(Cl)cc12. The van der Waals surface area contributed by atoms with E-state index in [2.05, 4.69) is 0 Å². The number of hydrogen-bond donors (Lipinski definition) is 0. The van der Waals surface area contributed by atoms with Crippen LogP contribution >= 0.6 is 23.2 Å². The van der Waals surface area contributed by atoms with E-state index in [4.69, 9.17) is 27.9 Å². The Labute approximate surface area is 138 Å². The van der Waals surface area contributed by atoms with Crippen LogP contribution in [-0.2, 0) is 4.74 Å². The number of esters is 1. The third-order valence-corrected chi connectivity index (χ3v) is 4.03. The highest BCUT2D eigenvalue weighted by molar-refractivity contribution is 6.32. The lowest BCUT2D eigenvalue weighted by atomic mass is 9.95. The molecule has 0 aliphatic rings. The van der Waals surface area contributed by atoms with Crippen molar-refractivity contribution in [3.8, 4) is 11.1 Å². The van der Waals surface area contributed by atoms with Crippen LogP contribution in [0.25, 0.3) is 21.9 Å². The van der Waals surface area contributed by atoms with Crippen molar-refractivity contribution in [2.24, 2.45) is 0 Å². The molecule has 0 fully saturated rings. The molecule has 0 N–H and O–H groups in total. The van der Waals surface area contributed by atoms with Crippen LogP contribution in [-0.4, -0.2) is 13.1 Å². The average molecular weight is 331 g/mol. The molecule has 0 radical (unpaired) electrons. The van der Waals surface area contributed by atoms with E-state index < -0.39 is 0 Å². The Morgan fingerprint density at radius 2 is 1.55 bits per heavy atom. The van der Waals surface area contributed by atoms with Gasteiger partial charge in [0.05, 0.1) is 12.7 Å². The summed E-state index contributed by atoms with van der Waals surface area (Å²) in [5, 5.41) is 2.97. The number of halogens is 2. The van der Waals surface area contributed by atoms with Crippen molar-refractivity contribution in [3.63, 3.8) is 0 Å². The second-order valence-electron chi connectivity index (χ2n) is 4.85. The van der Waals surface area contributed by atoms with Crippen molar-refractivity contribution >= 4 is 39.9 Å². The Morgan fingerprint density at radius 3 is 2.23 bits per heavy atom. The van der Waals surface area contributed by atoms with Crippen molar-refractivity contribution in [2.75, 3.05) is 7.11 Å². The van der Waals surface area contributed by atoms with Crippen molar-refractivity contribution in [1.29, 1.82) is 0 Å². The maximum absolute atomic E-state index is 11.9. The van der Waals surface area contributed by atoms with E-state index in [9.17, 15) is 4.79 Å². The summed E-state index contributed by atoms with van der Waals surface area (Å²) in [6.45, 7) is 0. The number of rotatable bonds is 2. The summed E-state index contributed by atoms with van der Waals surface area (Å²) >= 11 is 12.0. The van der Waals surface area contributed by atoms with E-state index in [0.29, 0.717) is 15.6 Å². The van der Waals surface area contributed by atoms with Crippen LogP contribution in [0, 0.1) is 0 Å². The van der Waals surface area contributed by atoms with E-state index in [1.807, 2.05) is 42.5 Å². The lowest BCUT2D eigenvalue weighted by Crippen LogP contribution is -2.02. The molecule has 0 aliphatic heterocycles. The highest BCUT2D eigenvalue weighted by atomic mass is 35.5. The molecule has 0 saturated carbocycles. The Morgan fingerprint density at radius 1 is 0.864 bits per heavy atom. The molecule has 0 unspecified atom stereocenters. The number of fused-ring (bicyclic) bond motifs is 1. The molecule has 3 rings (SSSR count). The fourth-order valence-corrected chi connectivity index (χ4v) is 2.79. The number of ether oxygens (including phenoxy) is 1. The van der Waals surface area contributed by atoms with Crippen LogP contribution in [0.5, 0.6) is 0 Å². The Balaban J connectivity index is 2.29. The molecule has 3 aromatic rings. The molecular formula is C18H12Cl2O2. The molecule has 0 heterocycles. The minimum atomic E-state index is -0.380. The van der Waals surface area contributed by atoms with E-state index in [1.54, 1.807) is 12.1 Å². The highest BCUT2D eigenvalue weighted by Crippen LogP contribution is 2.33. The van der Waals surface area contributed by atoms with Crippen LogP contribution < -0.4 is 0 Å². The molecule has 0 aliphatic carbocycles. The lowest BCUT2D eigenvalue weighted by Gasteiger charge is -2.11. The predicted molar refractivity (Wildman–Crippen MR) is 90.7 cm³/mol. The van der Waals surface area contributed by atoms with Gasteiger partial charge in [0.25, 0.3) is 0 Å². The highest BCUT2D eigenvalue weighted by Gasteiger charge is 2.14. The molecule has 4 heteroatoms. The molecule has 0 atom stereocenters. The van der Waals surface area contributed by atoms with Crippen molar-refractivity contribution < 1.29 is 9.53 Å². The number of benzene rings is 3. The van der Waals surface area contributed by atoms with Crippen molar-refractivity contribution in [3.05, 3.63) is 70.2 Å². The molecule has 3 aromatic carbocycles. The van der Waals surface area contributed by atoms with Gasteiger partial charge in [-0.25, -0.2) is 4.79 Å². The summed E-state index contributed by atoms with van der Waals surface area (Å²) in [4.78, 5) is 11.9. The zero-order valence-electron chi connectivity index (χ0n) is 11.8.